The van der Waals surface area contributed by atoms with Crippen LogP contribution in [0.15, 0.2) is 36.4 Å². The number of aryl methyl sites for hydroxylation is 1. The molecular weight excluding hydrogens is 224 g/mol. The standard InChI is InChI=1S/C15H16N2O/c1-10-3-2-4-13(17-10)15(16)12-5-6-14-11(9-12)7-8-18-14/h2-6,9,15H,7-8,16H2,1H3. The number of benzene rings is 1. The number of aromatic nitrogens is 1. The molecule has 1 atom stereocenters. The molecule has 2 heterocycles. The van der Waals surface area contributed by atoms with Gasteiger partial charge in [-0.2, -0.15) is 0 Å². The second-order valence-corrected chi connectivity index (χ2v) is 4.65. The zero-order valence-electron chi connectivity index (χ0n) is 10.4. The minimum atomic E-state index is -0.171. The molecule has 0 fully saturated rings. The summed E-state index contributed by atoms with van der Waals surface area (Å²) in [4.78, 5) is 4.49. The monoisotopic (exact) mass is 240 g/mol. The Kier molecular flexibility index (Phi) is 2.76. The third-order valence-corrected chi connectivity index (χ3v) is 3.30. The number of ether oxygens (including phenoxy) is 1. The lowest BCUT2D eigenvalue weighted by atomic mass is 10.0. The molecule has 1 aromatic carbocycles. The summed E-state index contributed by atoms with van der Waals surface area (Å²) in [5, 5.41) is 0. The van der Waals surface area contributed by atoms with Gasteiger partial charge in [-0.3, -0.25) is 4.98 Å². The van der Waals surface area contributed by atoms with Gasteiger partial charge in [0.25, 0.3) is 0 Å². The van der Waals surface area contributed by atoms with E-state index < -0.39 is 0 Å². The smallest absolute Gasteiger partial charge is 0.122 e. The van der Waals surface area contributed by atoms with Crippen LogP contribution in [0.1, 0.15) is 28.6 Å². The minimum Gasteiger partial charge on any atom is -0.493 e. The molecule has 3 nitrogen and oxygen atoms in total. The highest BCUT2D eigenvalue weighted by atomic mass is 16.5. The van der Waals surface area contributed by atoms with Gasteiger partial charge < -0.3 is 10.5 Å². The molecule has 92 valence electrons. The molecule has 2 N–H and O–H groups in total. The van der Waals surface area contributed by atoms with Crippen LogP contribution in [-0.2, 0) is 6.42 Å². The van der Waals surface area contributed by atoms with Gasteiger partial charge >= 0.3 is 0 Å². The van der Waals surface area contributed by atoms with Crippen LogP contribution in [-0.4, -0.2) is 11.6 Å². The molecule has 1 aromatic heterocycles. The lowest BCUT2D eigenvalue weighted by molar-refractivity contribution is 0.357. The fourth-order valence-corrected chi connectivity index (χ4v) is 2.31. The molecule has 0 radical (unpaired) electrons. The normalized spacial score (nSPS) is 15.0. The van der Waals surface area contributed by atoms with Gasteiger partial charge in [-0.05, 0) is 36.2 Å². The SMILES string of the molecule is Cc1cccc(C(N)c2ccc3c(c2)CCO3)n1. The average Bonchev–Trinajstić information content (AvgIpc) is 2.85. The van der Waals surface area contributed by atoms with Crippen LogP contribution in [0.4, 0.5) is 0 Å². The molecule has 0 aliphatic carbocycles. The third kappa shape index (κ3) is 1.97. The Balaban J connectivity index is 1.95. The van der Waals surface area contributed by atoms with Gasteiger partial charge in [0, 0.05) is 12.1 Å². The summed E-state index contributed by atoms with van der Waals surface area (Å²) in [6.07, 6.45) is 0.969. The van der Waals surface area contributed by atoms with Crippen LogP contribution in [0, 0.1) is 6.92 Å². The first kappa shape index (κ1) is 11.2. The first-order valence-electron chi connectivity index (χ1n) is 6.19. The first-order valence-corrected chi connectivity index (χ1v) is 6.19. The quantitative estimate of drug-likeness (QED) is 0.876. The number of pyridine rings is 1. The van der Waals surface area contributed by atoms with Crippen molar-refractivity contribution >= 4 is 0 Å². The zero-order valence-corrected chi connectivity index (χ0v) is 10.4. The highest BCUT2D eigenvalue weighted by Gasteiger charge is 2.16. The van der Waals surface area contributed by atoms with Crippen LogP contribution >= 0.6 is 0 Å². The van der Waals surface area contributed by atoms with Gasteiger partial charge in [-0.1, -0.05) is 18.2 Å². The number of nitrogens with two attached hydrogens (primary N) is 1. The highest BCUT2D eigenvalue weighted by molar-refractivity contribution is 5.42. The zero-order chi connectivity index (χ0) is 12.5. The molecule has 2 aromatic rings. The average molecular weight is 240 g/mol. The molecule has 3 rings (SSSR count). The van der Waals surface area contributed by atoms with E-state index in [-0.39, 0.29) is 6.04 Å². The van der Waals surface area contributed by atoms with Gasteiger partial charge in [0.05, 0.1) is 18.3 Å². The van der Waals surface area contributed by atoms with E-state index in [0.29, 0.717) is 0 Å². The Hall–Kier alpha value is -1.87. The van der Waals surface area contributed by atoms with Gasteiger partial charge in [0.1, 0.15) is 5.75 Å². The van der Waals surface area contributed by atoms with Crippen molar-refractivity contribution in [3.05, 3.63) is 58.9 Å². The minimum absolute atomic E-state index is 0.171. The van der Waals surface area contributed by atoms with Crippen LogP contribution in [0.5, 0.6) is 5.75 Å². The van der Waals surface area contributed by atoms with Crippen LogP contribution in [0.2, 0.25) is 0 Å². The Morgan fingerprint density at radius 1 is 1.28 bits per heavy atom. The van der Waals surface area contributed by atoms with Crippen molar-refractivity contribution in [3.8, 4) is 5.75 Å². The van der Waals surface area contributed by atoms with E-state index in [1.54, 1.807) is 0 Å². The van der Waals surface area contributed by atoms with E-state index in [2.05, 4.69) is 11.1 Å². The Morgan fingerprint density at radius 2 is 2.17 bits per heavy atom. The second kappa shape index (κ2) is 4.42. The fraction of sp³-hybridized carbons (Fsp3) is 0.267. The van der Waals surface area contributed by atoms with Crippen molar-refractivity contribution in [3.63, 3.8) is 0 Å². The Bertz CT molecular complexity index is 580. The molecule has 1 aliphatic rings. The molecule has 1 aliphatic heterocycles. The molecule has 3 heteroatoms. The summed E-state index contributed by atoms with van der Waals surface area (Å²) >= 11 is 0. The van der Waals surface area contributed by atoms with Crippen LogP contribution in [0.25, 0.3) is 0 Å². The van der Waals surface area contributed by atoms with Gasteiger partial charge in [0.2, 0.25) is 0 Å². The van der Waals surface area contributed by atoms with E-state index in [1.807, 2.05) is 37.3 Å². The Labute approximate surface area is 107 Å². The number of rotatable bonds is 2. The van der Waals surface area contributed by atoms with E-state index in [9.17, 15) is 0 Å². The molecule has 0 bridgehead atoms. The summed E-state index contributed by atoms with van der Waals surface area (Å²) in [6, 6.07) is 11.9. The van der Waals surface area contributed by atoms with E-state index in [4.69, 9.17) is 10.5 Å². The maximum Gasteiger partial charge on any atom is 0.122 e. The summed E-state index contributed by atoms with van der Waals surface area (Å²) in [7, 11) is 0. The van der Waals surface area contributed by atoms with Gasteiger partial charge in [0.15, 0.2) is 0 Å². The van der Waals surface area contributed by atoms with Crippen LogP contribution in [0.3, 0.4) is 0 Å². The van der Waals surface area contributed by atoms with Crippen molar-refractivity contribution in [2.45, 2.75) is 19.4 Å². The number of hydrogen-bond donors (Lipinski definition) is 1. The number of hydrogen-bond acceptors (Lipinski definition) is 3. The maximum absolute atomic E-state index is 6.28. The van der Waals surface area contributed by atoms with Crippen molar-refractivity contribution in [2.75, 3.05) is 6.61 Å². The topological polar surface area (TPSA) is 48.1 Å². The molecule has 18 heavy (non-hydrogen) atoms. The lowest BCUT2D eigenvalue weighted by Gasteiger charge is -2.13. The second-order valence-electron chi connectivity index (χ2n) is 4.65. The predicted molar refractivity (Wildman–Crippen MR) is 70.6 cm³/mol. The largest absolute Gasteiger partial charge is 0.493 e. The fourth-order valence-electron chi connectivity index (χ4n) is 2.31. The van der Waals surface area contributed by atoms with Crippen LogP contribution < -0.4 is 10.5 Å². The summed E-state index contributed by atoms with van der Waals surface area (Å²) in [5.74, 6) is 0.989. The Morgan fingerprint density at radius 3 is 3.00 bits per heavy atom. The summed E-state index contributed by atoms with van der Waals surface area (Å²) in [5.41, 5.74) is 10.5. The number of nitrogens with zero attached hydrogens (tertiary/aromatic N) is 1. The molecular formula is C15H16N2O. The molecule has 0 spiro atoms. The highest BCUT2D eigenvalue weighted by Crippen LogP contribution is 2.29. The predicted octanol–water partition coefficient (Wildman–Crippen LogP) is 2.37. The van der Waals surface area contributed by atoms with Gasteiger partial charge in [-0.25, -0.2) is 0 Å². The maximum atomic E-state index is 6.28. The molecule has 0 amide bonds. The van der Waals surface area contributed by atoms with Crippen molar-refractivity contribution in [2.24, 2.45) is 5.73 Å². The summed E-state index contributed by atoms with van der Waals surface area (Å²) < 4.78 is 5.50. The number of fused-ring (bicyclic) bond motifs is 1. The molecule has 0 saturated heterocycles. The first-order chi connectivity index (χ1) is 8.74. The van der Waals surface area contributed by atoms with E-state index in [1.165, 1.54) is 5.56 Å². The van der Waals surface area contributed by atoms with E-state index >= 15 is 0 Å². The molecule has 1 unspecified atom stereocenters. The molecule has 0 saturated carbocycles. The van der Waals surface area contributed by atoms with Crippen molar-refractivity contribution in [1.82, 2.24) is 4.98 Å². The van der Waals surface area contributed by atoms with Crippen molar-refractivity contribution < 1.29 is 4.74 Å². The lowest BCUT2D eigenvalue weighted by Crippen LogP contribution is -2.14. The van der Waals surface area contributed by atoms with Gasteiger partial charge in [-0.15, -0.1) is 0 Å². The van der Waals surface area contributed by atoms with Crippen molar-refractivity contribution in [1.29, 1.82) is 0 Å². The third-order valence-electron chi connectivity index (χ3n) is 3.30. The van der Waals surface area contributed by atoms with E-state index in [0.717, 1.165) is 35.7 Å². The summed E-state index contributed by atoms with van der Waals surface area (Å²) in [6.45, 7) is 2.75.